The highest BCUT2D eigenvalue weighted by molar-refractivity contribution is 6.31. The maximum absolute atomic E-state index is 13.2. The average molecular weight is 562 g/mol. The van der Waals surface area contributed by atoms with Crippen molar-refractivity contribution in [3.8, 4) is 16.9 Å². The van der Waals surface area contributed by atoms with E-state index in [1.807, 2.05) is 0 Å². The molecule has 0 aliphatic rings. The highest BCUT2D eigenvalue weighted by Crippen LogP contribution is 2.32. The van der Waals surface area contributed by atoms with Crippen molar-refractivity contribution in [1.29, 1.82) is 0 Å². The smallest absolute Gasteiger partial charge is 0.416 e. The van der Waals surface area contributed by atoms with Crippen LogP contribution in [0.4, 0.5) is 13.2 Å². The van der Waals surface area contributed by atoms with Crippen LogP contribution in [0.15, 0.2) is 66.7 Å². The Kier molecular flexibility index (Phi) is 10.8. The Morgan fingerprint density at radius 2 is 1.54 bits per heavy atom. The Labute approximate surface area is 231 Å². The van der Waals surface area contributed by atoms with Crippen LogP contribution in [0.3, 0.4) is 0 Å². The van der Waals surface area contributed by atoms with Crippen LogP contribution in [0.25, 0.3) is 11.1 Å². The molecule has 2 N–H and O–H groups in total. The fourth-order valence-corrected chi connectivity index (χ4v) is 4.29. The third-order valence-electron chi connectivity index (χ3n) is 6.23. The van der Waals surface area contributed by atoms with Crippen LogP contribution in [0, 0.1) is 0 Å². The molecule has 3 rings (SSSR count). The third-order valence-corrected chi connectivity index (χ3v) is 6.47. The lowest BCUT2D eigenvalue weighted by atomic mass is 9.98. The summed E-state index contributed by atoms with van der Waals surface area (Å²) in [5.74, 6) is -1.28. The number of carboxylic acids is 1. The molecule has 0 bridgehead atoms. The minimum absolute atomic E-state index is 0.202. The second-order valence-electron chi connectivity index (χ2n) is 9.22. The fraction of sp³-hybridized carbons (Fsp3) is 0.333. The van der Waals surface area contributed by atoms with Gasteiger partial charge in [-0.05, 0) is 53.4 Å². The number of unbranched alkanes of at least 4 members (excludes halogenated alkanes) is 4. The molecule has 0 spiro atoms. The Morgan fingerprint density at radius 1 is 0.923 bits per heavy atom. The van der Waals surface area contributed by atoms with E-state index in [1.54, 1.807) is 36.4 Å². The van der Waals surface area contributed by atoms with Gasteiger partial charge < -0.3 is 15.2 Å². The topological polar surface area (TPSA) is 75.6 Å². The first-order valence-corrected chi connectivity index (χ1v) is 13.2. The van der Waals surface area contributed by atoms with E-state index in [1.165, 1.54) is 18.2 Å². The van der Waals surface area contributed by atoms with Crippen molar-refractivity contribution in [3.63, 3.8) is 0 Å². The summed E-state index contributed by atoms with van der Waals surface area (Å²) in [6.07, 6.45) is 0.473. The lowest BCUT2D eigenvalue weighted by molar-refractivity contribution is -0.138. The Balaban J connectivity index is 1.75. The summed E-state index contributed by atoms with van der Waals surface area (Å²) in [6, 6.07) is 15.3. The minimum Gasteiger partial charge on any atom is -0.493 e. The Hall–Kier alpha value is -3.52. The largest absolute Gasteiger partial charge is 0.493 e. The molecule has 208 valence electrons. The number of hydrogen-bond acceptors (Lipinski definition) is 3. The van der Waals surface area contributed by atoms with E-state index in [4.69, 9.17) is 16.3 Å². The maximum atomic E-state index is 13.2. The molecule has 3 aromatic rings. The maximum Gasteiger partial charge on any atom is 0.416 e. The van der Waals surface area contributed by atoms with Gasteiger partial charge >= 0.3 is 12.1 Å². The van der Waals surface area contributed by atoms with Crippen LogP contribution in [0.2, 0.25) is 5.02 Å². The Bertz CT molecular complexity index is 1240. The monoisotopic (exact) mass is 561 g/mol. The molecular formula is C30H31ClF3NO4. The predicted octanol–water partition coefficient (Wildman–Crippen LogP) is 8.32. The first kappa shape index (κ1) is 30.0. The summed E-state index contributed by atoms with van der Waals surface area (Å²) in [6.45, 7) is 2.58. The Morgan fingerprint density at radius 3 is 2.13 bits per heavy atom. The first-order chi connectivity index (χ1) is 18.6. The summed E-state index contributed by atoms with van der Waals surface area (Å²) in [5, 5.41) is 12.6. The zero-order valence-electron chi connectivity index (χ0n) is 21.6. The average Bonchev–Trinajstić information content (AvgIpc) is 2.90. The summed E-state index contributed by atoms with van der Waals surface area (Å²) in [5.41, 5.74) is 1.21. The standard InChI is InChI=1S/C30H31ClF3NO4/c1-2-3-4-5-6-17-39-27-16-15-24(31)18-25(27)29(38)35-26(19-28(36)37)22-9-7-20(8-10-22)21-11-13-23(14-12-21)30(32,33)34/h7-16,18,26H,2-6,17,19H2,1H3,(H,35,38)(H,36,37). The van der Waals surface area contributed by atoms with Gasteiger partial charge in [-0.1, -0.05) is 80.6 Å². The third kappa shape index (κ3) is 9.03. The molecule has 1 atom stereocenters. The van der Waals surface area contributed by atoms with Crippen molar-refractivity contribution in [3.05, 3.63) is 88.4 Å². The number of benzene rings is 3. The van der Waals surface area contributed by atoms with Crippen molar-refractivity contribution >= 4 is 23.5 Å². The zero-order valence-corrected chi connectivity index (χ0v) is 22.3. The van der Waals surface area contributed by atoms with Gasteiger partial charge in [-0.15, -0.1) is 0 Å². The molecule has 39 heavy (non-hydrogen) atoms. The molecule has 9 heteroatoms. The molecule has 0 fully saturated rings. The van der Waals surface area contributed by atoms with E-state index < -0.39 is 29.7 Å². The van der Waals surface area contributed by atoms with Crippen molar-refractivity contribution < 1.29 is 32.6 Å². The van der Waals surface area contributed by atoms with Crippen LogP contribution >= 0.6 is 11.6 Å². The number of hydrogen-bond donors (Lipinski definition) is 2. The second-order valence-corrected chi connectivity index (χ2v) is 9.66. The number of halogens is 4. The molecule has 5 nitrogen and oxygen atoms in total. The number of alkyl halides is 3. The van der Waals surface area contributed by atoms with Crippen molar-refractivity contribution in [2.24, 2.45) is 0 Å². The number of amides is 1. The molecule has 0 aliphatic heterocycles. The molecule has 0 aromatic heterocycles. The van der Waals surface area contributed by atoms with E-state index in [9.17, 15) is 27.9 Å². The van der Waals surface area contributed by atoms with E-state index >= 15 is 0 Å². The van der Waals surface area contributed by atoms with Gasteiger partial charge in [0.15, 0.2) is 0 Å². The molecule has 0 saturated carbocycles. The number of carbonyl (C=O) groups is 2. The number of aliphatic carboxylic acids is 1. The molecule has 1 amide bonds. The minimum atomic E-state index is -4.42. The van der Waals surface area contributed by atoms with Crippen LogP contribution in [0.5, 0.6) is 5.75 Å². The van der Waals surface area contributed by atoms with Crippen LogP contribution < -0.4 is 10.1 Å². The van der Waals surface area contributed by atoms with Gasteiger partial charge in [0.1, 0.15) is 5.75 Å². The summed E-state index contributed by atoms with van der Waals surface area (Å²) in [7, 11) is 0. The number of nitrogens with one attached hydrogen (secondary N) is 1. The van der Waals surface area contributed by atoms with E-state index in [2.05, 4.69) is 12.2 Å². The van der Waals surface area contributed by atoms with E-state index in [-0.39, 0.29) is 12.0 Å². The molecule has 3 aromatic carbocycles. The molecule has 0 aliphatic carbocycles. The van der Waals surface area contributed by atoms with Gasteiger partial charge in [0.05, 0.1) is 30.2 Å². The lowest BCUT2D eigenvalue weighted by Gasteiger charge is -2.19. The van der Waals surface area contributed by atoms with Gasteiger partial charge in [-0.25, -0.2) is 0 Å². The zero-order chi connectivity index (χ0) is 28.4. The van der Waals surface area contributed by atoms with Crippen molar-refractivity contribution in [2.75, 3.05) is 6.61 Å². The van der Waals surface area contributed by atoms with Crippen LogP contribution in [-0.2, 0) is 11.0 Å². The number of carbonyl (C=O) groups excluding carboxylic acids is 1. The molecular weight excluding hydrogens is 531 g/mol. The molecule has 1 unspecified atom stereocenters. The van der Waals surface area contributed by atoms with Gasteiger partial charge in [0, 0.05) is 5.02 Å². The molecule has 0 saturated heterocycles. The van der Waals surface area contributed by atoms with Crippen molar-refractivity contribution in [1.82, 2.24) is 5.32 Å². The van der Waals surface area contributed by atoms with Crippen molar-refractivity contribution in [2.45, 2.75) is 57.7 Å². The first-order valence-electron chi connectivity index (χ1n) is 12.8. The van der Waals surface area contributed by atoms with Gasteiger partial charge in [-0.2, -0.15) is 13.2 Å². The SMILES string of the molecule is CCCCCCCOc1ccc(Cl)cc1C(=O)NC(CC(=O)O)c1ccc(-c2ccc(C(F)(F)F)cc2)cc1. The number of carboxylic acid groups (broad SMARTS) is 1. The lowest BCUT2D eigenvalue weighted by Crippen LogP contribution is -2.30. The van der Waals surface area contributed by atoms with Gasteiger partial charge in [-0.3, -0.25) is 9.59 Å². The predicted molar refractivity (Wildman–Crippen MR) is 145 cm³/mol. The second kappa shape index (κ2) is 14.0. The van der Waals surface area contributed by atoms with Gasteiger partial charge in [0.2, 0.25) is 0 Å². The quantitative estimate of drug-likeness (QED) is 0.206. The molecule has 0 radical (unpaired) electrons. The van der Waals surface area contributed by atoms with Crippen LogP contribution in [0.1, 0.15) is 73.0 Å². The summed E-state index contributed by atoms with van der Waals surface area (Å²) in [4.78, 5) is 24.8. The molecule has 0 heterocycles. The van der Waals surface area contributed by atoms with E-state index in [0.29, 0.717) is 34.1 Å². The fourth-order valence-electron chi connectivity index (χ4n) is 4.12. The van der Waals surface area contributed by atoms with E-state index in [0.717, 1.165) is 44.2 Å². The van der Waals surface area contributed by atoms with Gasteiger partial charge in [0.25, 0.3) is 5.91 Å². The number of rotatable bonds is 13. The highest BCUT2D eigenvalue weighted by atomic mass is 35.5. The van der Waals surface area contributed by atoms with Crippen LogP contribution in [-0.4, -0.2) is 23.6 Å². The summed E-state index contributed by atoms with van der Waals surface area (Å²) >= 11 is 6.14. The number of ether oxygens (including phenoxy) is 1. The normalized spacial score (nSPS) is 12.1. The summed E-state index contributed by atoms with van der Waals surface area (Å²) < 4.78 is 44.4. The highest BCUT2D eigenvalue weighted by Gasteiger charge is 2.30.